The maximum absolute atomic E-state index is 13.4. The van der Waals surface area contributed by atoms with Gasteiger partial charge in [0.2, 0.25) is 5.91 Å². The highest BCUT2D eigenvalue weighted by Crippen LogP contribution is 2.21. The van der Waals surface area contributed by atoms with Crippen molar-refractivity contribution in [1.82, 2.24) is 24.2 Å². The standard InChI is InChI=1S/C17H16BrF2N5O2/c1-9(10-4-5-11(19)12(20)6-10)23(2)13(26)7-25-8-21-16-14(17(25)27)15(18)22-24(16)3/h4-6,8-9H,7H2,1-3H3. The van der Waals surface area contributed by atoms with Crippen LogP contribution in [-0.2, 0) is 18.4 Å². The molecule has 0 aliphatic heterocycles. The zero-order valence-corrected chi connectivity index (χ0v) is 16.4. The smallest absolute Gasteiger partial charge is 0.266 e. The molecule has 2 heterocycles. The number of benzene rings is 1. The first-order valence-electron chi connectivity index (χ1n) is 7.99. The van der Waals surface area contributed by atoms with Crippen molar-refractivity contribution in [3.63, 3.8) is 0 Å². The zero-order valence-electron chi connectivity index (χ0n) is 14.8. The number of aromatic nitrogens is 4. The topological polar surface area (TPSA) is 73.0 Å². The molecule has 0 spiro atoms. The fraction of sp³-hybridized carbons (Fsp3) is 0.294. The van der Waals surface area contributed by atoms with Gasteiger partial charge in [-0.05, 0) is 40.5 Å². The minimum Gasteiger partial charge on any atom is -0.337 e. The predicted molar refractivity (Wildman–Crippen MR) is 98.0 cm³/mol. The third-order valence-corrected chi connectivity index (χ3v) is 5.03. The average molecular weight is 440 g/mol. The number of carbonyl (C=O) groups excluding carboxylic acids is 1. The molecule has 3 aromatic rings. The van der Waals surface area contributed by atoms with Gasteiger partial charge in [-0.3, -0.25) is 14.2 Å². The number of hydrogen-bond acceptors (Lipinski definition) is 4. The Balaban J connectivity index is 1.85. The first kappa shape index (κ1) is 19.2. The summed E-state index contributed by atoms with van der Waals surface area (Å²) in [6.45, 7) is 1.44. The van der Waals surface area contributed by atoms with Crippen LogP contribution in [-0.4, -0.2) is 37.2 Å². The van der Waals surface area contributed by atoms with Crippen molar-refractivity contribution in [3.8, 4) is 0 Å². The molecule has 0 N–H and O–H groups in total. The molecule has 0 saturated carbocycles. The molecule has 0 fully saturated rings. The van der Waals surface area contributed by atoms with Crippen molar-refractivity contribution in [2.24, 2.45) is 7.05 Å². The van der Waals surface area contributed by atoms with Crippen molar-refractivity contribution in [2.75, 3.05) is 7.05 Å². The minimum atomic E-state index is -0.979. The molecule has 0 bridgehead atoms. The molecule has 142 valence electrons. The van der Waals surface area contributed by atoms with E-state index < -0.39 is 23.2 Å². The monoisotopic (exact) mass is 439 g/mol. The van der Waals surface area contributed by atoms with Gasteiger partial charge < -0.3 is 4.90 Å². The van der Waals surface area contributed by atoms with E-state index in [9.17, 15) is 18.4 Å². The van der Waals surface area contributed by atoms with Crippen molar-refractivity contribution < 1.29 is 13.6 Å². The molecule has 10 heteroatoms. The fourth-order valence-corrected chi connectivity index (χ4v) is 3.30. The van der Waals surface area contributed by atoms with Crippen LogP contribution >= 0.6 is 15.9 Å². The first-order valence-corrected chi connectivity index (χ1v) is 8.78. The number of rotatable bonds is 4. The maximum Gasteiger partial charge on any atom is 0.266 e. The third-order valence-electron chi connectivity index (χ3n) is 4.47. The van der Waals surface area contributed by atoms with Crippen LogP contribution < -0.4 is 5.56 Å². The Morgan fingerprint density at radius 1 is 1.33 bits per heavy atom. The number of aryl methyl sites for hydroxylation is 1. The van der Waals surface area contributed by atoms with E-state index in [0.717, 1.165) is 12.1 Å². The molecular formula is C17H16BrF2N5O2. The second-order valence-electron chi connectivity index (χ2n) is 6.14. The van der Waals surface area contributed by atoms with E-state index in [1.807, 2.05) is 0 Å². The van der Waals surface area contributed by atoms with E-state index in [4.69, 9.17) is 0 Å². The number of likely N-dealkylation sites (N-methyl/N-ethyl adjacent to an activating group) is 1. The summed E-state index contributed by atoms with van der Waals surface area (Å²) < 4.78 is 29.6. The Hall–Kier alpha value is -2.62. The Morgan fingerprint density at radius 2 is 2.04 bits per heavy atom. The number of amides is 1. The summed E-state index contributed by atoms with van der Waals surface area (Å²) in [6, 6.07) is 2.97. The summed E-state index contributed by atoms with van der Waals surface area (Å²) >= 11 is 3.22. The Kier molecular flexibility index (Phi) is 5.09. The normalized spacial score (nSPS) is 12.4. The van der Waals surface area contributed by atoms with Gasteiger partial charge in [-0.15, -0.1) is 0 Å². The summed E-state index contributed by atoms with van der Waals surface area (Å²) in [6.07, 6.45) is 1.28. The maximum atomic E-state index is 13.4. The lowest BCUT2D eigenvalue weighted by atomic mass is 10.1. The van der Waals surface area contributed by atoms with Gasteiger partial charge in [0.1, 0.15) is 22.9 Å². The molecule has 1 amide bonds. The van der Waals surface area contributed by atoms with Crippen LogP contribution in [0.3, 0.4) is 0 Å². The molecule has 27 heavy (non-hydrogen) atoms. The molecule has 0 radical (unpaired) electrons. The number of fused-ring (bicyclic) bond motifs is 1. The molecule has 2 aromatic heterocycles. The molecule has 1 aromatic carbocycles. The van der Waals surface area contributed by atoms with Gasteiger partial charge in [-0.2, -0.15) is 5.10 Å². The second-order valence-corrected chi connectivity index (χ2v) is 6.90. The predicted octanol–water partition coefficient (Wildman–Crippen LogP) is 2.39. The van der Waals surface area contributed by atoms with Gasteiger partial charge in [0.25, 0.3) is 5.56 Å². The lowest BCUT2D eigenvalue weighted by Crippen LogP contribution is -2.35. The fourth-order valence-electron chi connectivity index (χ4n) is 2.72. The summed E-state index contributed by atoms with van der Waals surface area (Å²) in [4.78, 5) is 30.7. The summed E-state index contributed by atoms with van der Waals surface area (Å²) in [5, 5.41) is 4.37. The Morgan fingerprint density at radius 3 is 2.70 bits per heavy atom. The number of halogens is 3. The number of hydrogen-bond donors (Lipinski definition) is 0. The van der Waals surface area contributed by atoms with E-state index in [1.54, 1.807) is 14.0 Å². The quantitative estimate of drug-likeness (QED) is 0.625. The van der Waals surface area contributed by atoms with Crippen LogP contribution in [0.1, 0.15) is 18.5 Å². The van der Waals surface area contributed by atoms with Gasteiger partial charge in [-0.25, -0.2) is 18.4 Å². The van der Waals surface area contributed by atoms with Crippen LogP contribution in [0.2, 0.25) is 0 Å². The van der Waals surface area contributed by atoms with Crippen molar-refractivity contribution >= 4 is 32.9 Å². The molecule has 1 atom stereocenters. The zero-order chi connectivity index (χ0) is 19.9. The van der Waals surface area contributed by atoms with Gasteiger partial charge in [0.15, 0.2) is 17.3 Å². The van der Waals surface area contributed by atoms with Gasteiger partial charge >= 0.3 is 0 Å². The highest BCUT2D eigenvalue weighted by Gasteiger charge is 2.21. The molecule has 3 rings (SSSR count). The highest BCUT2D eigenvalue weighted by molar-refractivity contribution is 9.10. The van der Waals surface area contributed by atoms with Gasteiger partial charge in [0.05, 0.1) is 6.04 Å². The number of carbonyl (C=O) groups is 1. The van der Waals surface area contributed by atoms with Crippen molar-refractivity contribution in [1.29, 1.82) is 0 Å². The first-order chi connectivity index (χ1) is 12.7. The average Bonchev–Trinajstić information content (AvgIpc) is 2.92. The summed E-state index contributed by atoms with van der Waals surface area (Å²) in [5.74, 6) is -2.31. The van der Waals surface area contributed by atoms with Crippen molar-refractivity contribution in [2.45, 2.75) is 19.5 Å². The highest BCUT2D eigenvalue weighted by atomic mass is 79.9. The van der Waals surface area contributed by atoms with Crippen LogP contribution in [0.15, 0.2) is 33.9 Å². The largest absolute Gasteiger partial charge is 0.337 e. The second kappa shape index (κ2) is 7.18. The SMILES string of the molecule is CC(c1ccc(F)c(F)c1)N(C)C(=O)Cn1cnc2c(c(Br)nn2C)c1=O. The molecule has 7 nitrogen and oxygen atoms in total. The van der Waals surface area contributed by atoms with E-state index in [2.05, 4.69) is 26.0 Å². The van der Waals surface area contributed by atoms with Crippen LogP contribution in [0.4, 0.5) is 8.78 Å². The van der Waals surface area contributed by atoms with Gasteiger partial charge in [-0.1, -0.05) is 6.07 Å². The van der Waals surface area contributed by atoms with Crippen LogP contribution in [0.5, 0.6) is 0 Å². The van der Waals surface area contributed by atoms with E-state index >= 15 is 0 Å². The van der Waals surface area contributed by atoms with E-state index in [0.29, 0.717) is 15.8 Å². The van der Waals surface area contributed by atoms with Crippen LogP contribution in [0.25, 0.3) is 11.0 Å². The van der Waals surface area contributed by atoms with E-state index in [-0.39, 0.29) is 17.8 Å². The molecular weight excluding hydrogens is 424 g/mol. The lowest BCUT2D eigenvalue weighted by molar-refractivity contribution is -0.132. The van der Waals surface area contributed by atoms with Gasteiger partial charge in [0, 0.05) is 14.1 Å². The number of nitrogens with zero attached hydrogens (tertiary/aromatic N) is 5. The van der Waals surface area contributed by atoms with Crippen molar-refractivity contribution in [3.05, 3.63) is 56.7 Å². The van der Waals surface area contributed by atoms with Crippen LogP contribution in [0, 0.1) is 11.6 Å². The molecule has 1 unspecified atom stereocenters. The summed E-state index contributed by atoms with van der Waals surface area (Å²) in [7, 11) is 3.19. The lowest BCUT2D eigenvalue weighted by Gasteiger charge is -2.25. The third kappa shape index (κ3) is 3.48. The Labute approximate surface area is 161 Å². The molecule has 0 aliphatic carbocycles. The summed E-state index contributed by atoms with van der Waals surface area (Å²) in [5.41, 5.74) is 0.446. The van der Waals surface area contributed by atoms with E-state index in [1.165, 1.54) is 33.6 Å². The Bertz CT molecular complexity index is 1090. The minimum absolute atomic E-state index is 0.242. The molecule has 0 aliphatic rings. The molecule has 0 saturated heterocycles.